The fourth-order valence-electron chi connectivity index (χ4n) is 4.56. The number of benzene rings is 2. The standard InChI is InChI=1S/C25H26FN3O3S/c26-18-5-4-17-10-23(33-24(17)11-18)16-6-8-29(9-7-16)13-19(31)14-32-22-3-1-2-21-20(22)12-25(28-21)27-15-30/h1-5,10-12,15-16,19,28,31H,6-9,13-14H2,(H,27,30)/t19-/m0/s1. The minimum atomic E-state index is -0.601. The summed E-state index contributed by atoms with van der Waals surface area (Å²) in [5, 5.41) is 15.1. The number of aliphatic hydroxyl groups excluding tert-OH is 1. The second kappa shape index (κ2) is 9.51. The van der Waals surface area contributed by atoms with Crippen molar-refractivity contribution in [3.63, 3.8) is 0 Å². The summed E-state index contributed by atoms with van der Waals surface area (Å²) in [5.74, 6) is 1.56. The van der Waals surface area contributed by atoms with Gasteiger partial charge in [0.05, 0.1) is 5.52 Å². The van der Waals surface area contributed by atoms with Crippen LogP contribution < -0.4 is 10.1 Å². The summed E-state index contributed by atoms with van der Waals surface area (Å²) in [6.07, 6.45) is 2.07. The summed E-state index contributed by atoms with van der Waals surface area (Å²) in [4.78, 5) is 17.4. The van der Waals surface area contributed by atoms with Crippen molar-refractivity contribution in [2.45, 2.75) is 24.9 Å². The lowest BCUT2D eigenvalue weighted by atomic mass is 9.95. The molecule has 3 N–H and O–H groups in total. The van der Waals surface area contributed by atoms with E-state index in [1.807, 2.05) is 30.3 Å². The summed E-state index contributed by atoms with van der Waals surface area (Å²) >= 11 is 1.69. The van der Waals surface area contributed by atoms with E-state index in [1.165, 1.54) is 10.9 Å². The number of carbonyl (C=O) groups is 1. The first-order chi connectivity index (χ1) is 16.1. The Bertz CT molecular complexity index is 1260. The molecule has 1 aliphatic heterocycles. The zero-order valence-electron chi connectivity index (χ0n) is 18.1. The number of carbonyl (C=O) groups excluding carboxylic acids is 1. The first-order valence-corrected chi connectivity index (χ1v) is 11.9. The summed E-state index contributed by atoms with van der Waals surface area (Å²) < 4.78 is 20.4. The van der Waals surface area contributed by atoms with Crippen LogP contribution >= 0.6 is 11.3 Å². The molecule has 8 heteroatoms. The lowest BCUT2D eigenvalue weighted by Crippen LogP contribution is -2.40. The number of fused-ring (bicyclic) bond motifs is 2. The molecular formula is C25H26FN3O3S. The van der Waals surface area contributed by atoms with Crippen LogP contribution in [0.15, 0.2) is 48.5 Å². The molecule has 1 saturated heterocycles. The monoisotopic (exact) mass is 467 g/mol. The fourth-order valence-corrected chi connectivity index (χ4v) is 5.82. The van der Waals surface area contributed by atoms with E-state index in [4.69, 9.17) is 4.74 Å². The average molecular weight is 468 g/mol. The van der Waals surface area contributed by atoms with Crippen molar-refractivity contribution >= 4 is 44.6 Å². The van der Waals surface area contributed by atoms with Gasteiger partial charge in [-0.3, -0.25) is 4.79 Å². The Kier molecular flexibility index (Phi) is 6.30. The molecule has 0 bridgehead atoms. The topological polar surface area (TPSA) is 77.6 Å². The summed E-state index contributed by atoms with van der Waals surface area (Å²) in [5.41, 5.74) is 0.859. The molecule has 33 heavy (non-hydrogen) atoms. The molecule has 0 saturated carbocycles. The number of halogens is 1. The number of β-amino-alcohol motifs (C(OH)–C–C–N with tert-alkyl or cyclic N) is 1. The van der Waals surface area contributed by atoms with Crippen molar-refractivity contribution in [3.8, 4) is 5.75 Å². The second-order valence-corrected chi connectivity index (χ2v) is 9.65. The van der Waals surface area contributed by atoms with Crippen LogP contribution in [0.25, 0.3) is 21.0 Å². The van der Waals surface area contributed by atoms with E-state index in [0.29, 0.717) is 30.4 Å². The van der Waals surface area contributed by atoms with Crippen molar-refractivity contribution in [1.82, 2.24) is 9.88 Å². The number of thiophene rings is 1. The van der Waals surface area contributed by atoms with Crippen LogP contribution in [0.5, 0.6) is 5.75 Å². The molecule has 0 spiro atoms. The maximum Gasteiger partial charge on any atom is 0.212 e. The maximum atomic E-state index is 13.5. The largest absolute Gasteiger partial charge is 0.490 e. The average Bonchev–Trinajstić information content (AvgIpc) is 3.42. The van der Waals surface area contributed by atoms with Gasteiger partial charge in [0.1, 0.15) is 30.1 Å². The number of likely N-dealkylation sites (tertiary alicyclic amines) is 1. The molecule has 2 aromatic carbocycles. The van der Waals surface area contributed by atoms with Gasteiger partial charge >= 0.3 is 0 Å². The molecule has 5 rings (SSSR count). The Balaban J connectivity index is 1.13. The van der Waals surface area contributed by atoms with Gasteiger partial charge in [-0.1, -0.05) is 12.1 Å². The van der Waals surface area contributed by atoms with E-state index in [-0.39, 0.29) is 12.4 Å². The van der Waals surface area contributed by atoms with Crippen molar-refractivity contribution in [3.05, 3.63) is 59.2 Å². The molecule has 1 amide bonds. The molecule has 0 aliphatic carbocycles. The van der Waals surface area contributed by atoms with Gasteiger partial charge in [-0.25, -0.2) is 4.39 Å². The molecule has 6 nitrogen and oxygen atoms in total. The maximum absolute atomic E-state index is 13.5. The number of hydrogen-bond donors (Lipinski definition) is 3. The third-order valence-corrected chi connectivity index (χ3v) is 7.49. The minimum absolute atomic E-state index is 0.187. The number of anilines is 1. The van der Waals surface area contributed by atoms with Gasteiger partial charge in [0, 0.05) is 21.5 Å². The molecule has 1 fully saturated rings. The fraction of sp³-hybridized carbons (Fsp3) is 0.320. The molecule has 1 aliphatic rings. The Morgan fingerprint density at radius 3 is 2.91 bits per heavy atom. The third kappa shape index (κ3) is 4.88. The Hall–Kier alpha value is -2.94. The first kappa shape index (κ1) is 21.9. The van der Waals surface area contributed by atoms with E-state index in [9.17, 15) is 14.3 Å². The molecule has 0 radical (unpaired) electrons. The predicted molar refractivity (Wildman–Crippen MR) is 130 cm³/mol. The molecule has 2 aromatic heterocycles. The predicted octanol–water partition coefficient (Wildman–Crippen LogP) is 4.71. The highest BCUT2D eigenvalue weighted by Gasteiger charge is 2.24. The summed E-state index contributed by atoms with van der Waals surface area (Å²) in [7, 11) is 0. The highest BCUT2D eigenvalue weighted by atomic mass is 32.1. The molecule has 3 heterocycles. The van der Waals surface area contributed by atoms with Gasteiger partial charge in [0.25, 0.3) is 0 Å². The first-order valence-electron chi connectivity index (χ1n) is 11.1. The minimum Gasteiger partial charge on any atom is -0.490 e. The number of nitrogens with zero attached hydrogens (tertiary/aromatic N) is 1. The zero-order valence-corrected chi connectivity index (χ0v) is 18.9. The highest BCUT2D eigenvalue weighted by molar-refractivity contribution is 7.19. The lowest BCUT2D eigenvalue weighted by Gasteiger charge is -2.32. The van der Waals surface area contributed by atoms with Gasteiger partial charge in [0.15, 0.2) is 0 Å². The Morgan fingerprint density at radius 2 is 2.09 bits per heavy atom. The molecule has 0 unspecified atom stereocenters. The van der Waals surface area contributed by atoms with Gasteiger partial charge in [-0.15, -0.1) is 11.3 Å². The van der Waals surface area contributed by atoms with Crippen LogP contribution in [0.4, 0.5) is 10.2 Å². The van der Waals surface area contributed by atoms with E-state index < -0.39 is 6.10 Å². The van der Waals surface area contributed by atoms with Crippen LogP contribution in [0, 0.1) is 5.82 Å². The number of aromatic amines is 1. The van der Waals surface area contributed by atoms with Gasteiger partial charge in [-0.05, 0) is 73.6 Å². The summed E-state index contributed by atoms with van der Waals surface area (Å²) in [6.45, 7) is 2.59. The number of piperidine rings is 1. The molecular weight excluding hydrogens is 441 g/mol. The lowest BCUT2D eigenvalue weighted by molar-refractivity contribution is -0.105. The number of rotatable bonds is 8. The van der Waals surface area contributed by atoms with E-state index >= 15 is 0 Å². The van der Waals surface area contributed by atoms with Crippen molar-refractivity contribution in [2.24, 2.45) is 0 Å². The van der Waals surface area contributed by atoms with Crippen LogP contribution in [0.1, 0.15) is 23.6 Å². The number of hydrogen-bond acceptors (Lipinski definition) is 5. The normalized spacial score (nSPS) is 16.3. The van der Waals surface area contributed by atoms with E-state index in [2.05, 4.69) is 21.3 Å². The SMILES string of the molecule is O=CNc1cc2c(OC[C@@H](O)CN3CCC(c4cc5ccc(F)cc5s4)CC3)cccc2[nH]1. The summed E-state index contributed by atoms with van der Waals surface area (Å²) in [6, 6.07) is 14.6. The number of nitrogens with one attached hydrogen (secondary N) is 2. The number of aliphatic hydroxyl groups is 1. The van der Waals surface area contributed by atoms with E-state index in [0.717, 1.165) is 46.9 Å². The number of amides is 1. The van der Waals surface area contributed by atoms with Crippen LogP contribution in [-0.2, 0) is 4.79 Å². The van der Waals surface area contributed by atoms with Gasteiger partial charge in [-0.2, -0.15) is 0 Å². The zero-order chi connectivity index (χ0) is 22.8. The highest BCUT2D eigenvalue weighted by Crippen LogP contribution is 2.36. The van der Waals surface area contributed by atoms with E-state index in [1.54, 1.807) is 17.4 Å². The molecule has 4 aromatic rings. The van der Waals surface area contributed by atoms with Crippen molar-refractivity contribution < 1.29 is 19.0 Å². The number of ether oxygens (including phenoxy) is 1. The smallest absolute Gasteiger partial charge is 0.212 e. The Morgan fingerprint density at radius 1 is 1.24 bits per heavy atom. The van der Waals surface area contributed by atoms with Crippen LogP contribution in [0.3, 0.4) is 0 Å². The third-order valence-electron chi connectivity index (χ3n) is 6.23. The Labute approximate surface area is 195 Å². The van der Waals surface area contributed by atoms with Crippen molar-refractivity contribution in [2.75, 3.05) is 31.6 Å². The molecule has 172 valence electrons. The van der Waals surface area contributed by atoms with Gasteiger partial charge in [0.2, 0.25) is 6.41 Å². The number of aromatic nitrogens is 1. The number of H-pyrrole nitrogens is 1. The van der Waals surface area contributed by atoms with Gasteiger partial charge < -0.3 is 25.0 Å². The van der Waals surface area contributed by atoms with Crippen molar-refractivity contribution in [1.29, 1.82) is 0 Å². The van der Waals surface area contributed by atoms with Crippen LogP contribution in [0.2, 0.25) is 0 Å². The van der Waals surface area contributed by atoms with Crippen LogP contribution in [-0.4, -0.2) is 53.7 Å². The molecule has 1 atom stereocenters. The second-order valence-electron chi connectivity index (χ2n) is 8.53. The quantitative estimate of drug-likeness (QED) is 0.328.